The summed E-state index contributed by atoms with van der Waals surface area (Å²) < 4.78 is 0. The lowest BCUT2D eigenvalue weighted by molar-refractivity contribution is -0.135. The second-order valence-electron chi connectivity index (χ2n) is 6.16. The number of carbonyl (C=O) groups excluding carboxylic acids is 1. The van der Waals surface area contributed by atoms with Crippen molar-refractivity contribution in [1.29, 1.82) is 0 Å². The van der Waals surface area contributed by atoms with Gasteiger partial charge in [-0.2, -0.15) is 0 Å². The number of nitrogens with two attached hydrogens (primary N) is 1. The summed E-state index contributed by atoms with van der Waals surface area (Å²) in [6, 6.07) is 0. The van der Waals surface area contributed by atoms with Crippen molar-refractivity contribution in [3.63, 3.8) is 0 Å². The smallest absolute Gasteiger partial charge is 0.227 e. The van der Waals surface area contributed by atoms with E-state index in [0.717, 1.165) is 25.3 Å². The second-order valence-corrected chi connectivity index (χ2v) is 6.16. The minimum atomic E-state index is -0.195. The molecule has 0 spiro atoms. The fourth-order valence-corrected chi connectivity index (χ4v) is 3.16. The standard InChI is InChI=1S/C13H22N2O/c14-8-12(4-1-5-12)11(16)15-9-13(6-7-13)10-2-3-10/h10H,1-9,14H2,(H,15,16). The lowest BCUT2D eigenvalue weighted by Crippen LogP contribution is -2.51. The first-order valence-electron chi connectivity index (χ1n) is 6.69. The maximum Gasteiger partial charge on any atom is 0.227 e. The number of amides is 1. The molecule has 0 aromatic rings. The molecule has 3 fully saturated rings. The molecule has 3 rings (SSSR count). The molecule has 0 aromatic carbocycles. The van der Waals surface area contributed by atoms with Crippen molar-refractivity contribution in [2.45, 2.75) is 44.9 Å². The van der Waals surface area contributed by atoms with Crippen molar-refractivity contribution >= 4 is 5.91 Å². The van der Waals surface area contributed by atoms with Crippen LogP contribution < -0.4 is 11.1 Å². The molecule has 90 valence electrons. The van der Waals surface area contributed by atoms with E-state index in [1.54, 1.807) is 0 Å². The Kier molecular flexibility index (Phi) is 2.29. The highest BCUT2D eigenvalue weighted by molar-refractivity contribution is 5.83. The van der Waals surface area contributed by atoms with Crippen molar-refractivity contribution < 1.29 is 4.79 Å². The van der Waals surface area contributed by atoms with Gasteiger partial charge in [0.05, 0.1) is 5.41 Å². The minimum absolute atomic E-state index is 0.195. The molecule has 0 aromatic heterocycles. The summed E-state index contributed by atoms with van der Waals surface area (Å²) in [4.78, 5) is 12.1. The maximum atomic E-state index is 12.1. The Morgan fingerprint density at radius 3 is 2.31 bits per heavy atom. The first-order valence-corrected chi connectivity index (χ1v) is 6.69. The van der Waals surface area contributed by atoms with Gasteiger partial charge in [-0.05, 0) is 49.9 Å². The molecule has 3 aliphatic rings. The Bertz CT molecular complexity index is 296. The molecule has 1 amide bonds. The van der Waals surface area contributed by atoms with Gasteiger partial charge < -0.3 is 11.1 Å². The molecule has 0 atom stereocenters. The van der Waals surface area contributed by atoms with E-state index in [9.17, 15) is 4.79 Å². The zero-order valence-electron chi connectivity index (χ0n) is 9.93. The number of nitrogens with one attached hydrogen (secondary N) is 1. The lowest BCUT2D eigenvalue weighted by atomic mass is 9.68. The highest BCUT2D eigenvalue weighted by Crippen LogP contribution is 2.60. The van der Waals surface area contributed by atoms with E-state index in [0.29, 0.717) is 12.0 Å². The monoisotopic (exact) mass is 222 g/mol. The molecule has 0 aliphatic heterocycles. The Hall–Kier alpha value is -0.570. The van der Waals surface area contributed by atoms with Crippen molar-refractivity contribution in [3.8, 4) is 0 Å². The molecule has 3 N–H and O–H groups in total. The number of hydrogen-bond acceptors (Lipinski definition) is 2. The molecular formula is C13H22N2O. The van der Waals surface area contributed by atoms with E-state index < -0.39 is 0 Å². The van der Waals surface area contributed by atoms with E-state index in [1.807, 2.05) is 0 Å². The highest BCUT2D eigenvalue weighted by atomic mass is 16.2. The predicted octanol–water partition coefficient (Wildman–Crippen LogP) is 1.42. The zero-order valence-corrected chi connectivity index (χ0v) is 9.93. The molecule has 0 saturated heterocycles. The molecule has 0 radical (unpaired) electrons. The first kappa shape index (κ1) is 10.6. The van der Waals surface area contributed by atoms with Gasteiger partial charge in [-0.25, -0.2) is 0 Å². The molecule has 0 unspecified atom stereocenters. The van der Waals surface area contributed by atoms with E-state index >= 15 is 0 Å². The van der Waals surface area contributed by atoms with Gasteiger partial charge in [-0.15, -0.1) is 0 Å². The number of hydrogen-bond donors (Lipinski definition) is 2. The molecule has 3 nitrogen and oxygen atoms in total. The molecule has 3 aliphatic carbocycles. The highest BCUT2D eigenvalue weighted by Gasteiger charge is 2.54. The number of rotatable bonds is 5. The Labute approximate surface area is 97.2 Å². The average molecular weight is 222 g/mol. The van der Waals surface area contributed by atoms with Crippen molar-refractivity contribution in [3.05, 3.63) is 0 Å². The normalized spacial score (nSPS) is 29.3. The average Bonchev–Trinajstić information content (AvgIpc) is 3.06. The SMILES string of the molecule is NCC1(C(=O)NCC2(C3CC3)CC2)CCC1. The lowest BCUT2D eigenvalue weighted by Gasteiger charge is -2.39. The summed E-state index contributed by atoms with van der Waals surface area (Å²) in [6.45, 7) is 1.44. The third-order valence-electron chi connectivity index (χ3n) is 5.12. The van der Waals surface area contributed by atoms with E-state index in [-0.39, 0.29) is 11.3 Å². The largest absolute Gasteiger partial charge is 0.355 e. The predicted molar refractivity (Wildman–Crippen MR) is 62.7 cm³/mol. The molecular weight excluding hydrogens is 200 g/mol. The van der Waals surface area contributed by atoms with Crippen LogP contribution >= 0.6 is 0 Å². The summed E-state index contributed by atoms with van der Waals surface area (Å²) in [5, 5.41) is 3.18. The summed E-state index contributed by atoms with van der Waals surface area (Å²) in [5.74, 6) is 1.15. The Morgan fingerprint density at radius 1 is 1.25 bits per heavy atom. The van der Waals surface area contributed by atoms with Crippen molar-refractivity contribution in [1.82, 2.24) is 5.32 Å². The van der Waals surface area contributed by atoms with Crippen LogP contribution in [0.5, 0.6) is 0 Å². The van der Waals surface area contributed by atoms with Gasteiger partial charge in [-0.1, -0.05) is 6.42 Å². The molecule has 3 saturated carbocycles. The van der Waals surface area contributed by atoms with Crippen LogP contribution in [0.2, 0.25) is 0 Å². The van der Waals surface area contributed by atoms with Gasteiger partial charge in [-0.3, -0.25) is 4.79 Å². The third-order valence-corrected chi connectivity index (χ3v) is 5.12. The molecule has 16 heavy (non-hydrogen) atoms. The van der Waals surface area contributed by atoms with Crippen molar-refractivity contribution in [2.24, 2.45) is 22.5 Å². The summed E-state index contributed by atoms with van der Waals surface area (Å²) in [5.41, 5.74) is 6.05. The van der Waals surface area contributed by atoms with Crippen LogP contribution in [0.1, 0.15) is 44.9 Å². The van der Waals surface area contributed by atoms with Gasteiger partial charge in [0.15, 0.2) is 0 Å². The fraction of sp³-hybridized carbons (Fsp3) is 0.923. The van der Waals surface area contributed by atoms with E-state index in [4.69, 9.17) is 5.73 Å². The molecule has 0 bridgehead atoms. The Morgan fingerprint density at radius 2 is 1.94 bits per heavy atom. The molecule has 3 heteroatoms. The summed E-state index contributed by atoms with van der Waals surface area (Å²) >= 11 is 0. The van der Waals surface area contributed by atoms with Crippen LogP contribution in [-0.4, -0.2) is 19.0 Å². The van der Waals surface area contributed by atoms with Gasteiger partial charge in [0, 0.05) is 13.1 Å². The van der Waals surface area contributed by atoms with Crippen LogP contribution in [0.3, 0.4) is 0 Å². The van der Waals surface area contributed by atoms with Gasteiger partial charge in [0.25, 0.3) is 0 Å². The van der Waals surface area contributed by atoms with Crippen LogP contribution in [0.15, 0.2) is 0 Å². The third kappa shape index (κ3) is 1.56. The second kappa shape index (κ2) is 3.46. The summed E-state index contributed by atoms with van der Waals surface area (Å²) in [7, 11) is 0. The zero-order chi connectivity index (χ0) is 11.2. The minimum Gasteiger partial charge on any atom is -0.355 e. The van der Waals surface area contributed by atoms with Crippen LogP contribution in [0.4, 0.5) is 0 Å². The van der Waals surface area contributed by atoms with Gasteiger partial charge in [0.1, 0.15) is 0 Å². The van der Waals surface area contributed by atoms with Gasteiger partial charge in [0.2, 0.25) is 5.91 Å². The Balaban J connectivity index is 1.53. The van der Waals surface area contributed by atoms with Crippen molar-refractivity contribution in [2.75, 3.05) is 13.1 Å². The summed E-state index contributed by atoms with van der Waals surface area (Å²) in [6.07, 6.45) is 8.58. The number of carbonyl (C=O) groups is 1. The van der Waals surface area contributed by atoms with E-state index in [2.05, 4.69) is 5.32 Å². The van der Waals surface area contributed by atoms with Gasteiger partial charge >= 0.3 is 0 Å². The van der Waals surface area contributed by atoms with Crippen LogP contribution in [-0.2, 0) is 4.79 Å². The van der Waals surface area contributed by atoms with Crippen LogP contribution in [0.25, 0.3) is 0 Å². The quantitative estimate of drug-likeness (QED) is 0.739. The first-order chi connectivity index (χ1) is 7.71. The fourth-order valence-electron chi connectivity index (χ4n) is 3.16. The maximum absolute atomic E-state index is 12.1. The topological polar surface area (TPSA) is 55.1 Å². The van der Waals surface area contributed by atoms with E-state index in [1.165, 1.54) is 32.1 Å². The van der Waals surface area contributed by atoms with Crippen LogP contribution in [0, 0.1) is 16.7 Å². The molecule has 0 heterocycles.